The van der Waals surface area contributed by atoms with E-state index in [-0.39, 0.29) is 37.9 Å². The highest BCUT2D eigenvalue weighted by Gasteiger charge is 2.29. The Bertz CT molecular complexity index is 590. The number of hydrogen-bond donors (Lipinski definition) is 0. The summed E-state index contributed by atoms with van der Waals surface area (Å²) in [4.78, 5) is 10.9. The molecular formula is C20H33O7P. The highest BCUT2D eigenvalue weighted by Crippen LogP contribution is 2.51. The summed E-state index contributed by atoms with van der Waals surface area (Å²) in [5, 5.41) is 0. The number of ether oxygens (including phenoxy) is 3. The second-order valence-corrected chi connectivity index (χ2v) is 9.07. The van der Waals surface area contributed by atoms with Gasteiger partial charge in [-0.2, -0.15) is 0 Å². The summed E-state index contributed by atoms with van der Waals surface area (Å²) in [6.07, 6.45) is -0.152. The topological polar surface area (TPSA) is 80.3 Å². The van der Waals surface area contributed by atoms with Crippen LogP contribution in [-0.4, -0.2) is 43.8 Å². The normalized spacial score (nSPS) is 13.1. The molecule has 1 rings (SSSR count). The first-order valence-electron chi connectivity index (χ1n) is 9.52. The molecule has 1 unspecified atom stereocenters. The SMILES string of the molecule is CC(=O)OCOCC(CCP(=O)(OC(C)C)OC(C)C)OCc1ccccc1. The number of carbonyl (C=O) groups excluding carboxylic acids is 1. The second kappa shape index (κ2) is 13.1. The maximum Gasteiger partial charge on any atom is 0.331 e. The van der Waals surface area contributed by atoms with Gasteiger partial charge in [-0.15, -0.1) is 0 Å². The predicted molar refractivity (Wildman–Crippen MR) is 107 cm³/mol. The molecule has 0 radical (unpaired) electrons. The van der Waals surface area contributed by atoms with Crippen LogP contribution in [0.4, 0.5) is 0 Å². The number of rotatable bonds is 14. The van der Waals surface area contributed by atoms with E-state index in [0.29, 0.717) is 13.0 Å². The molecular weight excluding hydrogens is 383 g/mol. The summed E-state index contributed by atoms with van der Waals surface area (Å²) < 4.78 is 40.3. The van der Waals surface area contributed by atoms with Crippen molar-refractivity contribution in [2.45, 2.75) is 66.0 Å². The van der Waals surface area contributed by atoms with Crippen molar-refractivity contribution in [1.29, 1.82) is 0 Å². The van der Waals surface area contributed by atoms with Crippen molar-refractivity contribution in [3.05, 3.63) is 35.9 Å². The van der Waals surface area contributed by atoms with E-state index >= 15 is 0 Å². The Morgan fingerprint density at radius 3 is 2.18 bits per heavy atom. The third-order valence-corrected chi connectivity index (χ3v) is 5.74. The third-order valence-electron chi connectivity index (χ3n) is 3.45. The van der Waals surface area contributed by atoms with Gasteiger partial charge in [0.1, 0.15) is 0 Å². The lowest BCUT2D eigenvalue weighted by Gasteiger charge is -2.25. The fourth-order valence-electron chi connectivity index (χ4n) is 2.38. The molecule has 1 aromatic rings. The van der Waals surface area contributed by atoms with Gasteiger partial charge in [0.05, 0.1) is 37.7 Å². The first kappa shape index (κ1) is 24.8. The maximum absolute atomic E-state index is 13.0. The molecule has 1 atom stereocenters. The molecule has 0 saturated carbocycles. The zero-order valence-corrected chi connectivity index (χ0v) is 18.4. The molecule has 0 aromatic heterocycles. The Morgan fingerprint density at radius 2 is 1.64 bits per heavy atom. The minimum atomic E-state index is -3.26. The largest absolute Gasteiger partial charge is 0.439 e. The zero-order chi connectivity index (χ0) is 21.0. The van der Waals surface area contributed by atoms with E-state index in [1.54, 1.807) is 0 Å². The van der Waals surface area contributed by atoms with Gasteiger partial charge in [-0.25, -0.2) is 0 Å². The molecule has 1 aromatic carbocycles. The van der Waals surface area contributed by atoms with Gasteiger partial charge in [0, 0.05) is 6.92 Å². The van der Waals surface area contributed by atoms with E-state index < -0.39 is 13.6 Å². The van der Waals surface area contributed by atoms with Gasteiger partial charge in [-0.3, -0.25) is 9.36 Å². The Morgan fingerprint density at radius 1 is 1.04 bits per heavy atom. The van der Waals surface area contributed by atoms with Crippen LogP contribution in [0.25, 0.3) is 0 Å². The van der Waals surface area contributed by atoms with Crippen LogP contribution in [0, 0.1) is 0 Å². The van der Waals surface area contributed by atoms with Crippen molar-refractivity contribution in [3.63, 3.8) is 0 Å². The van der Waals surface area contributed by atoms with Gasteiger partial charge in [0.25, 0.3) is 0 Å². The van der Waals surface area contributed by atoms with E-state index in [0.717, 1.165) is 5.56 Å². The summed E-state index contributed by atoms with van der Waals surface area (Å²) >= 11 is 0. The molecule has 0 spiro atoms. The quantitative estimate of drug-likeness (QED) is 0.191. The van der Waals surface area contributed by atoms with Crippen LogP contribution in [0.1, 0.15) is 46.6 Å². The highest BCUT2D eigenvalue weighted by molar-refractivity contribution is 7.53. The summed E-state index contributed by atoms with van der Waals surface area (Å²) in [6.45, 7) is 9.04. The Labute approximate surface area is 168 Å². The lowest BCUT2D eigenvalue weighted by molar-refractivity contribution is -0.157. The van der Waals surface area contributed by atoms with Gasteiger partial charge in [-0.05, 0) is 39.7 Å². The molecule has 0 aliphatic carbocycles. The van der Waals surface area contributed by atoms with Gasteiger partial charge in [0.15, 0.2) is 6.79 Å². The minimum Gasteiger partial charge on any atom is -0.439 e. The van der Waals surface area contributed by atoms with Crippen molar-refractivity contribution in [2.24, 2.45) is 0 Å². The molecule has 8 heteroatoms. The van der Waals surface area contributed by atoms with Gasteiger partial charge >= 0.3 is 13.6 Å². The van der Waals surface area contributed by atoms with Crippen LogP contribution < -0.4 is 0 Å². The van der Waals surface area contributed by atoms with Gasteiger partial charge < -0.3 is 23.3 Å². The van der Waals surface area contributed by atoms with Crippen molar-refractivity contribution < 1.29 is 32.6 Å². The van der Waals surface area contributed by atoms with E-state index in [1.165, 1.54) is 6.92 Å². The molecule has 0 bridgehead atoms. The lowest BCUT2D eigenvalue weighted by atomic mass is 10.2. The minimum absolute atomic E-state index is 0.150. The van der Waals surface area contributed by atoms with Crippen molar-refractivity contribution in [1.82, 2.24) is 0 Å². The van der Waals surface area contributed by atoms with Crippen LogP contribution in [-0.2, 0) is 39.2 Å². The molecule has 0 saturated heterocycles. The molecule has 0 aliphatic rings. The van der Waals surface area contributed by atoms with Crippen molar-refractivity contribution in [3.8, 4) is 0 Å². The Balaban J connectivity index is 2.66. The number of benzene rings is 1. The Hall–Kier alpha value is -1.24. The smallest absolute Gasteiger partial charge is 0.331 e. The molecule has 160 valence electrons. The van der Waals surface area contributed by atoms with Crippen LogP contribution in [0.2, 0.25) is 0 Å². The highest BCUT2D eigenvalue weighted by atomic mass is 31.2. The Kier molecular flexibility index (Phi) is 11.6. The lowest BCUT2D eigenvalue weighted by Crippen LogP contribution is -2.23. The molecule has 0 N–H and O–H groups in total. The van der Waals surface area contributed by atoms with E-state index in [2.05, 4.69) is 0 Å². The summed E-state index contributed by atoms with van der Waals surface area (Å²) in [7, 11) is -3.26. The van der Waals surface area contributed by atoms with E-state index in [9.17, 15) is 9.36 Å². The van der Waals surface area contributed by atoms with Crippen LogP contribution >= 0.6 is 7.60 Å². The maximum atomic E-state index is 13.0. The first-order valence-corrected chi connectivity index (χ1v) is 11.3. The summed E-state index contributed by atoms with van der Waals surface area (Å²) in [5.41, 5.74) is 1.02. The molecule has 0 aliphatic heterocycles. The molecule has 0 amide bonds. The van der Waals surface area contributed by atoms with Crippen LogP contribution in [0.3, 0.4) is 0 Å². The first-order chi connectivity index (χ1) is 13.2. The molecule has 7 nitrogen and oxygen atoms in total. The van der Waals surface area contributed by atoms with Gasteiger partial charge in [-0.1, -0.05) is 30.3 Å². The fraction of sp³-hybridized carbons (Fsp3) is 0.650. The van der Waals surface area contributed by atoms with Gasteiger partial charge in [0.2, 0.25) is 0 Å². The zero-order valence-electron chi connectivity index (χ0n) is 17.5. The fourth-order valence-corrected chi connectivity index (χ4v) is 4.53. The standard InChI is InChI=1S/C20H33O7P/c1-16(2)26-28(22,27-17(3)4)12-11-20(14-23-15-25-18(5)21)24-13-19-9-7-6-8-10-19/h6-10,16-17,20H,11-15H2,1-5H3. The van der Waals surface area contributed by atoms with Crippen molar-refractivity contribution in [2.75, 3.05) is 19.6 Å². The third kappa shape index (κ3) is 11.6. The molecule has 0 heterocycles. The van der Waals surface area contributed by atoms with Crippen LogP contribution in [0.5, 0.6) is 0 Å². The average molecular weight is 416 g/mol. The predicted octanol–water partition coefficient (Wildman–Crippen LogP) is 4.54. The number of esters is 1. The molecule has 0 fully saturated rings. The van der Waals surface area contributed by atoms with E-state index in [1.807, 2.05) is 58.0 Å². The van der Waals surface area contributed by atoms with E-state index in [4.69, 9.17) is 23.3 Å². The van der Waals surface area contributed by atoms with Crippen molar-refractivity contribution >= 4 is 13.6 Å². The number of carbonyl (C=O) groups is 1. The monoisotopic (exact) mass is 416 g/mol. The second-order valence-electron chi connectivity index (χ2n) is 6.97. The average Bonchev–Trinajstić information content (AvgIpc) is 2.59. The number of hydrogen-bond acceptors (Lipinski definition) is 7. The molecule has 28 heavy (non-hydrogen) atoms. The van der Waals surface area contributed by atoms with Crippen LogP contribution in [0.15, 0.2) is 30.3 Å². The summed E-state index contributed by atoms with van der Waals surface area (Å²) in [5.74, 6) is -0.415. The summed E-state index contributed by atoms with van der Waals surface area (Å²) in [6, 6.07) is 9.74.